The number of aliphatic hydroxyl groups is 1. The minimum absolute atomic E-state index is 0.0346. The van der Waals surface area contributed by atoms with Crippen LogP contribution in [-0.4, -0.2) is 105 Å². The Hall–Kier alpha value is -3.79. The first-order valence-corrected chi connectivity index (χ1v) is 17.9. The number of hydrogen-bond donors (Lipinski definition) is 3. The number of benzene rings is 2. The number of piperidine rings is 1. The van der Waals surface area contributed by atoms with E-state index < -0.39 is 17.7 Å². The Kier molecular flexibility index (Phi) is 11.0. The Balaban J connectivity index is 1.17. The predicted octanol–water partition coefficient (Wildman–Crippen LogP) is 3.96. The number of alkyl carbamates (subject to hydrolysis) is 1. The molecule has 270 valence electrons. The number of nitriles is 1. The topological polar surface area (TPSA) is 121 Å². The Labute approximate surface area is 293 Å². The number of likely N-dealkylation sites (tertiary alicyclic amines) is 2. The van der Waals surface area contributed by atoms with Crippen molar-refractivity contribution in [1.29, 1.82) is 5.26 Å². The highest BCUT2D eigenvalue weighted by Gasteiger charge is 2.53. The molecule has 0 radical (unpaired) electrons. The van der Waals surface area contributed by atoms with E-state index >= 15 is 0 Å². The highest BCUT2D eigenvalue weighted by Crippen LogP contribution is 2.50. The molecule has 50 heavy (non-hydrogen) atoms. The molecule has 0 spiro atoms. The molecule has 10 nitrogen and oxygen atoms in total. The predicted molar refractivity (Wildman–Crippen MR) is 186 cm³/mol. The number of aliphatic hydroxyl groups excluding tert-OH is 1. The lowest BCUT2D eigenvalue weighted by Crippen LogP contribution is -2.64. The molecule has 0 unspecified atom stereocenters. The van der Waals surface area contributed by atoms with Crippen molar-refractivity contribution in [1.82, 2.24) is 20.4 Å². The zero-order valence-corrected chi connectivity index (χ0v) is 29.2. The Morgan fingerprint density at radius 3 is 2.50 bits per heavy atom. The van der Waals surface area contributed by atoms with Gasteiger partial charge in [-0.25, -0.2) is 13.6 Å². The van der Waals surface area contributed by atoms with E-state index in [1.165, 1.54) is 20.1 Å². The quantitative estimate of drug-likeness (QED) is 0.306. The number of nitrogens with one attached hydrogen (secondary N) is 2. The molecule has 3 heterocycles. The van der Waals surface area contributed by atoms with Crippen LogP contribution < -0.4 is 15.5 Å². The van der Waals surface area contributed by atoms with Gasteiger partial charge in [0.2, 0.25) is 5.91 Å². The largest absolute Gasteiger partial charge is 0.453 e. The molecule has 3 atom stereocenters. The number of nitrogens with zero attached hydrogens (tertiary/aromatic N) is 4. The van der Waals surface area contributed by atoms with Gasteiger partial charge in [0, 0.05) is 75.3 Å². The maximum absolute atomic E-state index is 14.9. The second kappa shape index (κ2) is 15.2. The van der Waals surface area contributed by atoms with Crippen molar-refractivity contribution in [2.24, 2.45) is 17.3 Å². The third-order valence-electron chi connectivity index (χ3n) is 11.8. The third-order valence-corrected chi connectivity index (χ3v) is 11.8. The molecule has 0 aromatic heterocycles. The lowest BCUT2D eigenvalue weighted by molar-refractivity contribution is -0.119. The second-order valence-corrected chi connectivity index (χ2v) is 15.0. The van der Waals surface area contributed by atoms with Crippen molar-refractivity contribution in [2.45, 2.75) is 63.2 Å². The van der Waals surface area contributed by atoms with Crippen LogP contribution in [0.15, 0.2) is 42.5 Å². The number of alkyl halides is 1. The zero-order chi connectivity index (χ0) is 35.5. The molecule has 1 saturated carbocycles. The number of rotatable bonds is 12. The Bertz CT molecular complexity index is 1570. The van der Waals surface area contributed by atoms with Gasteiger partial charge in [-0.2, -0.15) is 5.26 Å². The first-order valence-electron chi connectivity index (χ1n) is 17.9. The maximum atomic E-state index is 14.9. The van der Waals surface area contributed by atoms with Gasteiger partial charge < -0.3 is 30.3 Å². The van der Waals surface area contributed by atoms with Gasteiger partial charge in [0.25, 0.3) is 0 Å². The third kappa shape index (κ3) is 7.46. The van der Waals surface area contributed by atoms with Crippen LogP contribution in [0.2, 0.25) is 0 Å². The van der Waals surface area contributed by atoms with E-state index in [1.54, 1.807) is 12.1 Å². The van der Waals surface area contributed by atoms with Gasteiger partial charge in [0.1, 0.15) is 12.0 Å². The van der Waals surface area contributed by atoms with Crippen molar-refractivity contribution in [3.05, 3.63) is 65.0 Å². The minimum Gasteiger partial charge on any atom is -0.453 e. The van der Waals surface area contributed by atoms with E-state index in [0.29, 0.717) is 44.8 Å². The highest BCUT2D eigenvalue weighted by molar-refractivity contribution is 5.73. The first kappa shape index (κ1) is 36.0. The van der Waals surface area contributed by atoms with Crippen LogP contribution in [0.5, 0.6) is 0 Å². The molecule has 3 saturated heterocycles. The van der Waals surface area contributed by atoms with Crippen LogP contribution in [0, 0.1) is 34.4 Å². The lowest BCUT2D eigenvalue weighted by atomic mass is 9.58. The number of methoxy groups -OCH3 is 1. The summed E-state index contributed by atoms with van der Waals surface area (Å²) in [5, 5.41) is 26.4. The van der Waals surface area contributed by atoms with E-state index in [0.717, 1.165) is 68.6 Å². The summed E-state index contributed by atoms with van der Waals surface area (Å²) in [6, 6.07) is 14.6. The summed E-state index contributed by atoms with van der Waals surface area (Å²) in [6.07, 6.45) is 2.86. The smallest absolute Gasteiger partial charge is 0.407 e. The summed E-state index contributed by atoms with van der Waals surface area (Å²) in [7, 11) is 1.35. The standard InChI is InChI=1S/C38H50F2N6O4/c1-26(48)42-21-38(30-5-3-6-31(39)16-30,34-7-4-8-35(34)43-36(49)50-2)29-11-13-44(14-12-29)22-37(25-47)23-46(24-37)33-10-9-27(17-41)28(15-33)18-45-19-32(40)20-45/h3,5-6,9-10,15-16,29,32,34-35,47H,4,7-8,11-14,18-25H2,1-2H3,(H,42,48)(H,43,49)/t34-,35-,38-/m0/s1. The van der Waals surface area contributed by atoms with Gasteiger partial charge in [-0.15, -0.1) is 0 Å². The number of hydrogen-bond acceptors (Lipinski definition) is 8. The number of carbonyl (C=O) groups is 2. The average Bonchev–Trinajstić information content (AvgIpc) is 3.54. The molecular formula is C38H50F2N6O4. The molecule has 4 aliphatic rings. The number of amides is 2. The molecule has 6 rings (SSSR count). The molecule has 2 aromatic rings. The molecule has 2 aromatic carbocycles. The van der Waals surface area contributed by atoms with Crippen molar-refractivity contribution in [2.75, 3.05) is 71.0 Å². The zero-order valence-electron chi connectivity index (χ0n) is 29.2. The molecule has 2 amide bonds. The lowest BCUT2D eigenvalue weighted by Gasteiger charge is -2.54. The van der Waals surface area contributed by atoms with E-state index in [2.05, 4.69) is 26.5 Å². The van der Waals surface area contributed by atoms with E-state index in [-0.39, 0.29) is 41.6 Å². The van der Waals surface area contributed by atoms with E-state index in [1.807, 2.05) is 29.2 Å². The number of halogens is 2. The van der Waals surface area contributed by atoms with Crippen LogP contribution in [0.4, 0.5) is 19.3 Å². The summed E-state index contributed by atoms with van der Waals surface area (Å²) in [5.41, 5.74) is 2.44. The van der Waals surface area contributed by atoms with Gasteiger partial charge in [-0.3, -0.25) is 9.69 Å². The summed E-state index contributed by atoms with van der Waals surface area (Å²) < 4.78 is 33.3. The maximum Gasteiger partial charge on any atom is 0.407 e. The van der Waals surface area contributed by atoms with Gasteiger partial charge >= 0.3 is 6.09 Å². The van der Waals surface area contributed by atoms with Gasteiger partial charge in [-0.1, -0.05) is 18.6 Å². The molecule has 0 bridgehead atoms. The fourth-order valence-electron chi connectivity index (χ4n) is 9.31. The van der Waals surface area contributed by atoms with Crippen molar-refractivity contribution in [3.8, 4) is 6.07 Å². The number of carbonyl (C=O) groups excluding carboxylic acids is 2. The molecule has 12 heteroatoms. The highest BCUT2D eigenvalue weighted by atomic mass is 19.1. The monoisotopic (exact) mass is 692 g/mol. The van der Waals surface area contributed by atoms with Gasteiger partial charge in [-0.05, 0) is 92.1 Å². The van der Waals surface area contributed by atoms with Crippen LogP contribution in [0.25, 0.3) is 0 Å². The van der Waals surface area contributed by atoms with Crippen LogP contribution >= 0.6 is 0 Å². The fourth-order valence-corrected chi connectivity index (χ4v) is 9.31. The summed E-state index contributed by atoms with van der Waals surface area (Å²) in [4.78, 5) is 31.5. The second-order valence-electron chi connectivity index (χ2n) is 15.0. The van der Waals surface area contributed by atoms with Crippen molar-refractivity contribution in [3.63, 3.8) is 0 Å². The summed E-state index contributed by atoms with van der Waals surface area (Å²) in [6.45, 7) is 6.91. The van der Waals surface area contributed by atoms with Crippen molar-refractivity contribution >= 4 is 17.7 Å². The van der Waals surface area contributed by atoms with Gasteiger partial charge in [0.15, 0.2) is 0 Å². The Morgan fingerprint density at radius 2 is 1.86 bits per heavy atom. The van der Waals surface area contributed by atoms with Gasteiger partial charge in [0.05, 0.1) is 25.3 Å². The number of ether oxygens (including phenoxy) is 1. The normalized spacial score (nSPS) is 24.0. The SMILES string of the molecule is COC(=O)N[C@H]1CCC[C@@H]1[C@](CNC(C)=O)(c1cccc(F)c1)C1CCN(CC2(CO)CN(c3ccc(C#N)c(CN4CC(F)C4)c3)C2)CC1. The van der Waals surface area contributed by atoms with Crippen LogP contribution in [0.3, 0.4) is 0 Å². The Morgan fingerprint density at radius 1 is 1.10 bits per heavy atom. The van der Waals surface area contributed by atoms with Crippen LogP contribution in [0.1, 0.15) is 55.7 Å². The van der Waals surface area contributed by atoms with E-state index in [4.69, 9.17) is 4.74 Å². The summed E-state index contributed by atoms with van der Waals surface area (Å²) >= 11 is 0. The average molecular weight is 693 g/mol. The molecular weight excluding hydrogens is 642 g/mol. The first-order chi connectivity index (χ1) is 24.1. The fraction of sp³-hybridized carbons (Fsp3) is 0.605. The van der Waals surface area contributed by atoms with Crippen LogP contribution in [-0.2, 0) is 21.5 Å². The summed E-state index contributed by atoms with van der Waals surface area (Å²) in [5.74, 6) is -0.407. The number of anilines is 1. The minimum atomic E-state index is -0.799. The molecule has 3 aliphatic heterocycles. The molecule has 1 aliphatic carbocycles. The molecule has 3 N–H and O–H groups in total. The van der Waals surface area contributed by atoms with Crippen molar-refractivity contribution < 1.29 is 28.2 Å². The molecule has 4 fully saturated rings. The van der Waals surface area contributed by atoms with E-state index in [9.17, 15) is 28.7 Å².